The molecule has 0 spiro atoms. The maximum absolute atomic E-state index is 2.40. The Bertz CT molecular complexity index is 1930. The van der Waals surface area contributed by atoms with Gasteiger partial charge in [0.2, 0.25) is 0 Å². The molecule has 0 aromatic heterocycles. The number of hydrogen-bond acceptors (Lipinski definition) is 1. The molecule has 0 radical (unpaired) electrons. The molecule has 41 heavy (non-hydrogen) atoms. The fourth-order valence-electron chi connectivity index (χ4n) is 6.96. The molecule has 196 valence electrons. The van der Waals surface area contributed by atoms with Crippen LogP contribution in [0.5, 0.6) is 0 Å². The summed E-state index contributed by atoms with van der Waals surface area (Å²) in [4.78, 5) is 2.38. The van der Waals surface area contributed by atoms with Crippen molar-refractivity contribution in [3.05, 3.63) is 162 Å². The molecule has 8 rings (SSSR count). The summed E-state index contributed by atoms with van der Waals surface area (Å²) in [6, 6.07) is 51.3. The predicted octanol–water partition coefficient (Wildman–Crippen LogP) is 10.7. The summed E-state index contributed by atoms with van der Waals surface area (Å²) in [5.74, 6) is 0. The number of benzene rings is 6. The largest absolute Gasteiger partial charge is 0.310 e. The lowest BCUT2D eigenvalue weighted by molar-refractivity contribution is 0.660. The molecule has 6 aromatic carbocycles. The standard InChI is InChI=1S/C40H31N/c1-40(2)38-15-9-8-14-35(38)36-23-22-33(26-39(36)40)41(31-11-4-3-5-12-31)32-20-18-27(19-21-32)28-16-17-30-24-29-10-6-7-13-34(29)37(30)25-28/h3-23,25-26H,24H2,1-2H3. The van der Waals surface area contributed by atoms with E-state index in [4.69, 9.17) is 0 Å². The van der Waals surface area contributed by atoms with Gasteiger partial charge >= 0.3 is 0 Å². The van der Waals surface area contributed by atoms with Crippen molar-refractivity contribution < 1.29 is 0 Å². The molecule has 0 bridgehead atoms. The predicted molar refractivity (Wildman–Crippen MR) is 172 cm³/mol. The molecule has 1 nitrogen and oxygen atoms in total. The van der Waals surface area contributed by atoms with Crippen LogP contribution in [0.1, 0.15) is 36.1 Å². The highest BCUT2D eigenvalue weighted by atomic mass is 15.1. The van der Waals surface area contributed by atoms with E-state index in [9.17, 15) is 0 Å². The third-order valence-electron chi connectivity index (χ3n) is 9.10. The summed E-state index contributed by atoms with van der Waals surface area (Å²) in [7, 11) is 0. The zero-order chi connectivity index (χ0) is 27.6. The van der Waals surface area contributed by atoms with E-state index in [-0.39, 0.29) is 5.41 Å². The highest BCUT2D eigenvalue weighted by Crippen LogP contribution is 2.50. The topological polar surface area (TPSA) is 3.24 Å². The molecular formula is C40H31N. The molecule has 0 aliphatic heterocycles. The van der Waals surface area contributed by atoms with E-state index in [0.29, 0.717) is 0 Å². The van der Waals surface area contributed by atoms with Gasteiger partial charge in [0.15, 0.2) is 0 Å². The second-order valence-corrected chi connectivity index (χ2v) is 11.8. The summed E-state index contributed by atoms with van der Waals surface area (Å²) < 4.78 is 0. The first-order valence-electron chi connectivity index (χ1n) is 14.5. The summed E-state index contributed by atoms with van der Waals surface area (Å²) in [6.45, 7) is 4.69. The maximum Gasteiger partial charge on any atom is 0.0465 e. The van der Waals surface area contributed by atoms with Crippen molar-refractivity contribution >= 4 is 17.1 Å². The molecule has 1 heteroatoms. The Labute approximate surface area is 242 Å². The SMILES string of the molecule is CC1(C)c2ccccc2-c2ccc(N(c3ccccc3)c3ccc(-c4ccc5c(c4)-c4ccccc4C5)cc3)cc21. The first-order chi connectivity index (χ1) is 20.1. The maximum atomic E-state index is 2.40. The van der Waals surface area contributed by atoms with E-state index in [1.165, 1.54) is 61.3 Å². The summed E-state index contributed by atoms with van der Waals surface area (Å²) >= 11 is 0. The fourth-order valence-corrected chi connectivity index (χ4v) is 6.96. The van der Waals surface area contributed by atoms with Crippen LogP contribution in [0.2, 0.25) is 0 Å². The zero-order valence-electron chi connectivity index (χ0n) is 23.4. The number of nitrogens with zero attached hydrogens (tertiary/aromatic N) is 1. The Balaban J connectivity index is 1.19. The first-order valence-corrected chi connectivity index (χ1v) is 14.5. The van der Waals surface area contributed by atoms with Crippen LogP contribution in [-0.4, -0.2) is 0 Å². The minimum atomic E-state index is -0.0413. The van der Waals surface area contributed by atoms with Crippen LogP contribution in [0.15, 0.2) is 140 Å². The van der Waals surface area contributed by atoms with Crippen molar-refractivity contribution in [1.82, 2.24) is 0 Å². The number of para-hydroxylation sites is 1. The Kier molecular flexibility index (Phi) is 5.30. The van der Waals surface area contributed by atoms with Gasteiger partial charge in [0.1, 0.15) is 0 Å². The lowest BCUT2D eigenvalue weighted by Gasteiger charge is -2.28. The van der Waals surface area contributed by atoms with Gasteiger partial charge in [-0.3, -0.25) is 0 Å². The van der Waals surface area contributed by atoms with Gasteiger partial charge in [0, 0.05) is 22.5 Å². The van der Waals surface area contributed by atoms with Gasteiger partial charge in [-0.2, -0.15) is 0 Å². The van der Waals surface area contributed by atoms with Gasteiger partial charge in [0.25, 0.3) is 0 Å². The van der Waals surface area contributed by atoms with Gasteiger partial charge in [-0.25, -0.2) is 0 Å². The smallest absolute Gasteiger partial charge is 0.0465 e. The summed E-state index contributed by atoms with van der Waals surface area (Å²) in [5, 5.41) is 0. The van der Waals surface area contributed by atoms with E-state index >= 15 is 0 Å². The molecule has 0 fully saturated rings. The molecule has 2 aliphatic carbocycles. The van der Waals surface area contributed by atoms with E-state index < -0.39 is 0 Å². The van der Waals surface area contributed by atoms with E-state index in [2.05, 4.69) is 158 Å². The molecular weight excluding hydrogens is 494 g/mol. The van der Waals surface area contributed by atoms with Crippen LogP contribution in [0, 0.1) is 0 Å². The molecule has 2 aliphatic rings. The highest BCUT2D eigenvalue weighted by molar-refractivity contribution is 5.86. The van der Waals surface area contributed by atoms with Crippen molar-refractivity contribution in [3.8, 4) is 33.4 Å². The van der Waals surface area contributed by atoms with E-state index in [1.54, 1.807) is 0 Å². The second kappa shape index (κ2) is 9.08. The number of anilines is 3. The average molecular weight is 526 g/mol. The van der Waals surface area contributed by atoms with Gasteiger partial charge in [-0.15, -0.1) is 0 Å². The fraction of sp³-hybridized carbons (Fsp3) is 0.100. The van der Waals surface area contributed by atoms with Crippen molar-refractivity contribution in [2.45, 2.75) is 25.7 Å². The molecule has 0 saturated carbocycles. The van der Waals surface area contributed by atoms with Crippen molar-refractivity contribution in [3.63, 3.8) is 0 Å². The quantitative estimate of drug-likeness (QED) is 0.221. The van der Waals surface area contributed by atoms with Crippen LogP contribution in [0.3, 0.4) is 0 Å². The molecule has 0 saturated heterocycles. The minimum absolute atomic E-state index is 0.0413. The Morgan fingerprint density at radius 2 is 1.05 bits per heavy atom. The highest BCUT2D eigenvalue weighted by Gasteiger charge is 2.35. The Morgan fingerprint density at radius 1 is 0.439 bits per heavy atom. The average Bonchev–Trinajstić information content (AvgIpc) is 3.50. The Hall–Kier alpha value is -4.88. The van der Waals surface area contributed by atoms with Crippen molar-refractivity contribution in [2.24, 2.45) is 0 Å². The van der Waals surface area contributed by atoms with Crippen LogP contribution in [0.4, 0.5) is 17.1 Å². The number of rotatable bonds is 4. The van der Waals surface area contributed by atoms with Gasteiger partial charge < -0.3 is 4.90 Å². The normalized spacial score (nSPS) is 13.7. The number of fused-ring (bicyclic) bond motifs is 6. The van der Waals surface area contributed by atoms with Gasteiger partial charge in [0.05, 0.1) is 0 Å². The Morgan fingerprint density at radius 3 is 1.88 bits per heavy atom. The minimum Gasteiger partial charge on any atom is -0.310 e. The van der Waals surface area contributed by atoms with Gasteiger partial charge in [-0.05, 0) is 105 Å². The molecule has 0 unspecified atom stereocenters. The third kappa shape index (κ3) is 3.77. The summed E-state index contributed by atoms with van der Waals surface area (Å²) in [6.07, 6.45) is 1.03. The van der Waals surface area contributed by atoms with E-state index in [1.807, 2.05) is 0 Å². The molecule has 0 heterocycles. The van der Waals surface area contributed by atoms with Crippen molar-refractivity contribution in [2.75, 3.05) is 4.90 Å². The third-order valence-corrected chi connectivity index (χ3v) is 9.10. The monoisotopic (exact) mass is 525 g/mol. The summed E-state index contributed by atoms with van der Waals surface area (Å²) in [5.41, 5.74) is 17.0. The van der Waals surface area contributed by atoms with Crippen LogP contribution in [0.25, 0.3) is 33.4 Å². The van der Waals surface area contributed by atoms with Gasteiger partial charge in [-0.1, -0.05) is 111 Å². The zero-order valence-corrected chi connectivity index (χ0v) is 23.4. The van der Waals surface area contributed by atoms with E-state index in [0.717, 1.165) is 17.8 Å². The lowest BCUT2D eigenvalue weighted by Crippen LogP contribution is -2.16. The molecule has 0 amide bonds. The molecule has 6 aromatic rings. The number of hydrogen-bond donors (Lipinski definition) is 0. The lowest BCUT2D eigenvalue weighted by atomic mass is 9.82. The first kappa shape index (κ1) is 24.0. The van der Waals surface area contributed by atoms with Crippen LogP contribution in [-0.2, 0) is 11.8 Å². The molecule has 0 N–H and O–H groups in total. The van der Waals surface area contributed by atoms with Crippen LogP contribution >= 0.6 is 0 Å². The molecule has 0 atom stereocenters. The van der Waals surface area contributed by atoms with Crippen molar-refractivity contribution in [1.29, 1.82) is 0 Å². The van der Waals surface area contributed by atoms with Crippen LogP contribution < -0.4 is 4.90 Å². The second-order valence-electron chi connectivity index (χ2n) is 11.8.